The fourth-order valence-corrected chi connectivity index (χ4v) is 4.07. The summed E-state index contributed by atoms with van der Waals surface area (Å²) in [6.07, 6.45) is 0. The van der Waals surface area contributed by atoms with E-state index in [1.54, 1.807) is 26.0 Å². The molecule has 0 bridgehead atoms. The highest BCUT2D eigenvalue weighted by atomic mass is 32.2. The van der Waals surface area contributed by atoms with Gasteiger partial charge in [-0.1, -0.05) is 12.1 Å². The summed E-state index contributed by atoms with van der Waals surface area (Å²) in [4.78, 5) is 7.05. The van der Waals surface area contributed by atoms with Crippen molar-refractivity contribution in [2.75, 3.05) is 39.3 Å². The van der Waals surface area contributed by atoms with E-state index in [9.17, 15) is 13.0 Å². The SMILES string of the molecule is CCN=C(N(CC)CC)[N+](CC)(CC)CC.Cc1cccc(S(=O)(=O)[O-])c1C. The van der Waals surface area contributed by atoms with Gasteiger partial charge in [0, 0.05) is 19.6 Å². The average molecular weight is 414 g/mol. The Morgan fingerprint density at radius 2 is 1.50 bits per heavy atom. The Kier molecular flexibility index (Phi) is 11.6. The van der Waals surface area contributed by atoms with Crippen LogP contribution in [0.2, 0.25) is 0 Å². The van der Waals surface area contributed by atoms with Gasteiger partial charge < -0.3 is 9.45 Å². The smallest absolute Gasteiger partial charge is 0.300 e. The molecule has 6 nitrogen and oxygen atoms in total. The predicted molar refractivity (Wildman–Crippen MR) is 117 cm³/mol. The van der Waals surface area contributed by atoms with Crippen LogP contribution < -0.4 is 0 Å². The van der Waals surface area contributed by atoms with Crippen molar-refractivity contribution in [3.63, 3.8) is 0 Å². The van der Waals surface area contributed by atoms with Gasteiger partial charge in [0.25, 0.3) is 5.96 Å². The van der Waals surface area contributed by atoms with Crippen LogP contribution in [0.3, 0.4) is 0 Å². The Hall–Kier alpha value is -1.44. The first-order chi connectivity index (χ1) is 13.1. The van der Waals surface area contributed by atoms with Gasteiger partial charge in [0.05, 0.1) is 24.5 Å². The molecule has 0 aliphatic rings. The average Bonchev–Trinajstić information content (AvgIpc) is 2.66. The molecule has 1 aromatic rings. The van der Waals surface area contributed by atoms with Crippen LogP contribution in [0.25, 0.3) is 0 Å². The number of rotatable bonds is 7. The third-order valence-electron chi connectivity index (χ3n) is 5.41. The van der Waals surface area contributed by atoms with E-state index in [2.05, 4.69) is 46.4 Å². The Morgan fingerprint density at radius 1 is 1.00 bits per heavy atom. The molecular formula is C21H39N3O3S. The largest absolute Gasteiger partial charge is 0.744 e. The highest BCUT2D eigenvalue weighted by molar-refractivity contribution is 7.85. The second-order valence-electron chi connectivity index (χ2n) is 6.69. The van der Waals surface area contributed by atoms with Gasteiger partial charge >= 0.3 is 0 Å². The lowest BCUT2D eigenvalue weighted by Gasteiger charge is -2.39. The fraction of sp³-hybridized carbons (Fsp3) is 0.667. The summed E-state index contributed by atoms with van der Waals surface area (Å²) in [6.45, 7) is 23.1. The van der Waals surface area contributed by atoms with Gasteiger partial charge in [-0.3, -0.25) is 4.48 Å². The third-order valence-corrected chi connectivity index (χ3v) is 6.39. The van der Waals surface area contributed by atoms with Crippen LogP contribution in [-0.4, -0.2) is 67.6 Å². The van der Waals surface area contributed by atoms with Crippen molar-refractivity contribution in [1.82, 2.24) is 4.90 Å². The first-order valence-corrected chi connectivity index (χ1v) is 11.7. The van der Waals surface area contributed by atoms with Crippen molar-refractivity contribution < 1.29 is 17.5 Å². The minimum absolute atomic E-state index is 0.123. The van der Waals surface area contributed by atoms with Crippen LogP contribution in [0.1, 0.15) is 52.7 Å². The lowest BCUT2D eigenvalue weighted by molar-refractivity contribution is -0.841. The van der Waals surface area contributed by atoms with Gasteiger partial charge in [0.2, 0.25) is 0 Å². The molecule has 0 saturated heterocycles. The molecule has 0 aliphatic heterocycles. The topological polar surface area (TPSA) is 72.8 Å². The first-order valence-electron chi connectivity index (χ1n) is 10.3. The third kappa shape index (κ3) is 6.87. The minimum Gasteiger partial charge on any atom is -0.744 e. The molecule has 0 spiro atoms. The summed E-state index contributed by atoms with van der Waals surface area (Å²) in [5.41, 5.74) is 1.35. The van der Waals surface area contributed by atoms with Crippen LogP contribution in [0.15, 0.2) is 28.1 Å². The molecule has 0 aliphatic carbocycles. The van der Waals surface area contributed by atoms with Gasteiger partial charge in [-0.25, -0.2) is 13.4 Å². The van der Waals surface area contributed by atoms with E-state index in [1.807, 2.05) is 0 Å². The molecule has 28 heavy (non-hydrogen) atoms. The second kappa shape index (κ2) is 12.2. The number of guanidine groups is 1. The quantitative estimate of drug-likeness (QED) is 0.295. The molecule has 0 atom stereocenters. The van der Waals surface area contributed by atoms with Crippen molar-refractivity contribution in [3.8, 4) is 0 Å². The molecule has 7 heteroatoms. The maximum atomic E-state index is 10.7. The number of benzene rings is 1. The number of quaternary nitrogens is 1. The molecular weight excluding hydrogens is 374 g/mol. The molecule has 0 N–H and O–H groups in total. The molecule has 0 heterocycles. The normalized spacial score (nSPS) is 12.4. The molecule has 0 radical (unpaired) electrons. The summed E-state index contributed by atoms with van der Waals surface area (Å²) in [6, 6.07) is 4.65. The Balaban J connectivity index is 0.000000540. The lowest BCUT2D eigenvalue weighted by atomic mass is 10.1. The van der Waals surface area contributed by atoms with E-state index in [0.717, 1.165) is 49.3 Å². The monoisotopic (exact) mass is 413 g/mol. The number of aryl methyl sites for hydroxylation is 1. The molecule has 1 aromatic carbocycles. The summed E-state index contributed by atoms with van der Waals surface area (Å²) in [5, 5.41) is 0. The van der Waals surface area contributed by atoms with Crippen molar-refractivity contribution in [2.45, 2.75) is 60.3 Å². The summed E-state index contributed by atoms with van der Waals surface area (Å²) < 4.78 is 33.0. The molecule has 0 fully saturated rings. The van der Waals surface area contributed by atoms with E-state index >= 15 is 0 Å². The number of hydrogen-bond acceptors (Lipinski definition) is 4. The zero-order valence-electron chi connectivity index (χ0n) is 18.9. The zero-order valence-corrected chi connectivity index (χ0v) is 19.8. The van der Waals surface area contributed by atoms with Crippen LogP contribution >= 0.6 is 0 Å². The van der Waals surface area contributed by atoms with E-state index < -0.39 is 10.1 Å². The summed E-state index contributed by atoms with van der Waals surface area (Å²) in [7, 11) is -4.31. The van der Waals surface area contributed by atoms with Gasteiger partial charge in [-0.2, -0.15) is 0 Å². The van der Waals surface area contributed by atoms with E-state index in [1.165, 1.54) is 12.0 Å². The highest BCUT2D eigenvalue weighted by Crippen LogP contribution is 2.17. The standard InChI is InChI=1S/C13H30N3.C8H10O3S/c1-7-14-13(15(8-2)9-3)16(10-4,11-5)12-6;1-6-4-3-5-8(7(6)2)12(9,10)11/h7-12H2,1-6H3;3-5H,1-2H3,(H,9,10,11)/q+1;/p-1. The Morgan fingerprint density at radius 3 is 1.82 bits per heavy atom. The van der Waals surface area contributed by atoms with Crippen LogP contribution in [0.4, 0.5) is 0 Å². The molecule has 0 saturated carbocycles. The molecule has 162 valence electrons. The van der Waals surface area contributed by atoms with Gasteiger partial charge in [0.15, 0.2) is 0 Å². The summed E-state index contributed by atoms with van der Waals surface area (Å²) >= 11 is 0. The van der Waals surface area contributed by atoms with Crippen LogP contribution in [0, 0.1) is 13.8 Å². The maximum absolute atomic E-state index is 10.7. The van der Waals surface area contributed by atoms with Crippen LogP contribution in [-0.2, 0) is 10.1 Å². The van der Waals surface area contributed by atoms with Gasteiger partial charge in [-0.05, 0) is 72.6 Å². The molecule has 0 unspecified atom stereocenters. The van der Waals surface area contributed by atoms with E-state index in [4.69, 9.17) is 4.99 Å². The predicted octanol–water partition coefficient (Wildman–Crippen LogP) is 3.79. The zero-order chi connectivity index (χ0) is 22.0. The van der Waals surface area contributed by atoms with Crippen molar-refractivity contribution in [1.29, 1.82) is 0 Å². The molecule has 0 amide bonds. The number of nitrogens with zero attached hydrogens (tertiary/aromatic N) is 3. The second-order valence-corrected chi connectivity index (χ2v) is 8.04. The first kappa shape index (κ1) is 26.6. The van der Waals surface area contributed by atoms with Crippen molar-refractivity contribution >= 4 is 16.1 Å². The van der Waals surface area contributed by atoms with Crippen molar-refractivity contribution in [2.24, 2.45) is 4.99 Å². The molecule has 1 rings (SSSR count). The van der Waals surface area contributed by atoms with Gasteiger partial charge in [-0.15, -0.1) is 0 Å². The Bertz CT molecular complexity index is 714. The summed E-state index contributed by atoms with van der Waals surface area (Å²) in [5.74, 6) is 1.28. The maximum Gasteiger partial charge on any atom is 0.300 e. The van der Waals surface area contributed by atoms with E-state index in [-0.39, 0.29) is 4.90 Å². The Labute approximate surface area is 172 Å². The van der Waals surface area contributed by atoms with Crippen molar-refractivity contribution in [3.05, 3.63) is 29.3 Å². The van der Waals surface area contributed by atoms with E-state index in [0.29, 0.717) is 5.56 Å². The fourth-order valence-electron chi connectivity index (χ4n) is 3.29. The van der Waals surface area contributed by atoms with Crippen LogP contribution in [0.5, 0.6) is 0 Å². The minimum atomic E-state index is -4.31. The highest BCUT2D eigenvalue weighted by Gasteiger charge is 2.32. The number of aliphatic imine (C=N–C) groups is 1. The lowest BCUT2D eigenvalue weighted by Crippen LogP contribution is -2.59. The molecule has 0 aromatic heterocycles. The van der Waals surface area contributed by atoms with Gasteiger partial charge in [0.1, 0.15) is 10.1 Å². The number of hydrogen-bond donors (Lipinski definition) is 0.